The molecule has 4 heteroatoms. The minimum absolute atomic E-state index is 0.319. The second-order valence-electron chi connectivity index (χ2n) is 5.05. The molecule has 0 saturated heterocycles. The van der Waals surface area contributed by atoms with E-state index < -0.39 is 15.1 Å². The van der Waals surface area contributed by atoms with Gasteiger partial charge in [0.25, 0.3) is 0 Å². The predicted octanol–water partition coefficient (Wildman–Crippen LogP) is 2.06. The first-order valence-corrected chi connectivity index (χ1v) is 8.16. The molecule has 106 valence electrons. The van der Waals surface area contributed by atoms with Crippen LogP contribution < -0.4 is 5.73 Å². The van der Waals surface area contributed by atoms with E-state index in [-0.39, 0.29) is 0 Å². The van der Waals surface area contributed by atoms with Gasteiger partial charge in [-0.3, -0.25) is 0 Å². The summed E-state index contributed by atoms with van der Waals surface area (Å²) in [6.45, 7) is 4.24. The molecule has 2 aromatic carbocycles. The van der Waals surface area contributed by atoms with Crippen molar-refractivity contribution in [1.29, 1.82) is 0 Å². The van der Waals surface area contributed by atoms with Gasteiger partial charge in [0, 0.05) is 0 Å². The van der Waals surface area contributed by atoms with E-state index in [9.17, 15) is 8.42 Å². The molecule has 2 rings (SSSR count). The molecule has 0 aliphatic carbocycles. The molecule has 0 fully saturated rings. The largest absolute Gasteiger partial charge is 0.356 e. The fourth-order valence-corrected chi connectivity index (χ4v) is 3.84. The van der Waals surface area contributed by atoms with Crippen LogP contribution in [0.2, 0.25) is 0 Å². The Morgan fingerprint density at radius 3 is 1.80 bits per heavy atom. The van der Waals surface area contributed by atoms with Gasteiger partial charge >= 0.3 is 0 Å². The van der Waals surface area contributed by atoms with Gasteiger partial charge < -0.3 is 5.73 Å². The highest BCUT2D eigenvalue weighted by Gasteiger charge is 2.29. The molecule has 0 saturated carbocycles. The average molecular weight is 290 g/mol. The predicted molar refractivity (Wildman–Crippen MR) is 80.0 cm³/mol. The van der Waals surface area contributed by atoms with Crippen LogP contribution in [0, 0.1) is 13.8 Å². The van der Waals surface area contributed by atoms with Crippen LogP contribution in [0.15, 0.2) is 53.4 Å². The van der Waals surface area contributed by atoms with Gasteiger partial charge in [0.05, 0.1) is 11.4 Å². The maximum absolute atomic E-state index is 12.7. The number of quaternary nitrogens is 1. The molecule has 0 radical (unpaired) electrons. The molecule has 0 aliphatic heterocycles. The maximum atomic E-state index is 12.7. The summed E-state index contributed by atoms with van der Waals surface area (Å²) in [7, 11) is -3.40. The van der Waals surface area contributed by atoms with Gasteiger partial charge in [-0.15, -0.1) is 0 Å². The normalized spacial score (nSPS) is 13.2. The fraction of sp³-hybridized carbons (Fsp3) is 0.250. The molecule has 0 amide bonds. The first-order chi connectivity index (χ1) is 9.45. The summed E-state index contributed by atoms with van der Waals surface area (Å²) in [5.41, 5.74) is 6.77. The molecule has 0 aliphatic rings. The van der Waals surface area contributed by atoms with Crippen LogP contribution in [0.25, 0.3) is 0 Å². The third-order valence-corrected chi connectivity index (χ3v) is 5.62. The molecule has 0 spiro atoms. The Morgan fingerprint density at radius 1 is 0.900 bits per heavy atom. The fourth-order valence-electron chi connectivity index (χ4n) is 2.17. The van der Waals surface area contributed by atoms with Crippen molar-refractivity contribution in [3.05, 3.63) is 65.2 Å². The van der Waals surface area contributed by atoms with E-state index in [1.807, 2.05) is 50.2 Å². The number of sulfone groups is 1. The summed E-state index contributed by atoms with van der Waals surface area (Å²) < 4.78 is 25.4. The van der Waals surface area contributed by atoms with Gasteiger partial charge in [-0.25, -0.2) is 8.42 Å². The Hall–Kier alpha value is -1.65. The van der Waals surface area contributed by atoms with Crippen LogP contribution >= 0.6 is 0 Å². The highest BCUT2D eigenvalue weighted by atomic mass is 32.2. The van der Waals surface area contributed by atoms with E-state index in [4.69, 9.17) is 0 Å². The van der Waals surface area contributed by atoms with Gasteiger partial charge in [-0.2, -0.15) is 0 Å². The van der Waals surface area contributed by atoms with Gasteiger partial charge in [-0.05, 0) is 31.5 Å². The van der Waals surface area contributed by atoms with Crippen molar-refractivity contribution in [2.75, 3.05) is 6.54 Å². The number of rotatable bonds is 4. The lowest BCUT2D eigenvalue weighted by molar-refractivity contribution is -0.367. The number of aryl methyl sites for hydroxylation is 2. The Balaban J connectivity index is 2.44. The third kappa shape index (κ3) is 2.92. The van der Waals surface area contributed by atoms with Crippen LogP contribution in [0.5, 0.6) is 0 Å². The molecule has 20 heavy (non-hydrogen) atoms. The van der Waals surface area contributed by atoms with Gasteiger partial charge in [0.1, 0.15) is 5.25 Å². The third-order valence-electron chi connectivity index (χ3n) is 3.44. The smallest absolute Gasteiger partial charge is 0.190 e. The highest BCUT2D eigenvalue weighted by Crippen LogP contribution is 2.28. The van der Waals surface area contributed by atoms with Crippen LogP contribution in [-0.4, -0.2) is 15.0 Å². The van der Waals surface area contributed by atoms with Crippen LogP contribution in [0.1, 0.15) is 21.9 Å². The molecule has 0 unspecified atom stereocenters. The minimum atomic E-state index is -3.40. The van der Waals surface area contributed by atoms with Crippen molar-refractivity contribution in [3.8, 4) is 0 Å². The Labute approximate surface area is 120 Å². The van der Waals surface area contributed by atoms with Crippen molar-refractivity contribution in [2.24, 2.45) is 0 Å². The molecule has 0 aromatic heterocycles. The zero-order valence-corrected chi connectivity index (χ0v) is 12.7. The SMILES string of the molecule is Cc1ccc([C@H](C[NH3+])S(=O)(=O)c2ccc(C)cc2)cc1. The van der Waals surface area contributed by atoms with Gasteiger partial charge in [0.15, 0.2) is 9.84 Å². The lowest BCUT2D eigenvalue weighted by Gasteiger charge is -2.15. The summed E-state index contributed by atoms with van der Waals surface area (Å²) in [4.78, 5) is 0.359. The lowest BCUT2D eigenvalue weighted by atomic mass is 10.1. The van der Waals surface area contributed by atoms with Crippen molar-refractivity contribution in [3.63, 3.8) is 0 Å². The van der Waals surface area contributed by atoms with E-state index in [1.165, 1.54) is 0 Å². The average Bonchev–Trinajstić information content (AvgIpc) is 2.42. The number of hydrogen-bond donors (Lipinski definition) is 1. The Morgan fingerprint density at radius 2 is 1.35 bits per heavy atom. The first-order valence-electron chi connectivity index (χ1n) is 6.61. The topological polar surface area (TPSA) is 61.8 Å². The summed E-state index contributed by atoms with van der Waals surface area (Å²) >= 11 is 0. The molecule has 3 N–H and O–H groups in total. The molecule has 0 heterocycles. The van der Waals surface area contributed by atoms with Crippen molar-refractivity contribution in [1.82, 2.24) is 0 Å². The van der Waals surface area contributed by atoms with E-state index >= 15 is 0 Å². The summed E-state index contributed by atoms with van der Waals surface area (Å²) in [5, 5.41) is -0.592. The Bertz CT molecular complexity index is 673. The molecule has 0 bridgehead atoms. The zero-order chi connectivity index (χ0) is 14.8. The number of hydrogen-bond acceptors (Lipinski definition) is 2. The standard InChI is InChI=1S/C16H19NO2S/c1-12-3-7-14(8-4-12)16(11-17)20(18,19)15-9-5-13(2)6-10-15/h3-10,16H,11,17H2,1-2H3/p+1/t16-/m0/s1. The van der Waals surface area contributed by atoms with E-state index in [1.54, 1.807) is 12.1 Å². The van der Waals surface area contributed by atoms with Gasteiger partial charge in [0.2, 0.25) is 0 Å². The lowest BCUT2D eigenvalue weighted by Crippen LogP contribution is -2.54. The van der Waals surface area contributed by atoms with Crippen molar-refractivity contribution < 1.29 is 14.2 Å². The highest BCUT2D eigenvalue weighted by molar-refractivity contribution is 7.91. The van der Waals surface area contributed by atoms with Crippen LogP contribution in [0.4, 0.5) is 0 Å². The van der Waals surface area contributed by atoms with E-state index in [0.29, 0.717) is 11.4 Å². The summed E-state index contributed by atoms with van der Waals surface area (Å²) in [6.07, 6.45) is 0. The Kier molecular flexibility index (Phi) is 4.26. The van der Waals surface area contributed by atoms with Crippen molar-refractivity contribution >= 4 is 9.84 Å². The minimum Gasteiger partial charge on any atom is -0.356 e. The van der Waals surface area contributed by atoms with Crippen LogP contribution in [0.3, 0.4) is 0 Å². The van der Waals surface area contributed by atoms with E-state index in [2.05, 4.69) is 5.73 Å². The maximum Gasteiger partial charge on any atom is 0.190 e. The monoisotopic (exact) mass is 290 g/mol. The first kappa shape index (κ1) is 14.8. The number of benzene rings is 2. The molecule has 3 nitrogen and oxygen atoms in total. The van der Waals surface area contributed by atoms with E-state index in [0.717, 1.165) is 16.7 Å². The molecular formula is C16H20NO2S+. The summed E-state index contributed by atoms with van der Waals surface area (Å²) in [6, 6.07) is 14.6. The van der Waals surface area contributed by atoms with Gasteiger partial charge in [-0.1, -0.05) is 47.5 Å². The second kappa shape index (κ2) is 5.77. The molecular weight excluding hydrogens is 270 g/mol. The van der Waals surface area contributed by atoms with Crippen LogP contribution in [-0.2, 0) is 9.84 Å². The zero-order valence-electron chi connectivity index (χ0n) is 11.8. The molecule has 1 atom stereocenters. The quantitative estimate of drug-likeness (QED) is 0.937. The molecule has 2 aromatic rings. The second-order valence-corrected chi connectivity index (χ2v) is 7.18. The van der Waals surface area contributed by atoms with Crippen molar-refractivity contribution in [2.45, 2.75) is 24.0 Å². The summed E-state index contributed by atoms with van der Waals surface area (Å²) in [5.74, 6) is 0.